The summed E-state index contributed by atoms with van der Waals surface area (Å²) in [6, 6.07) is 7.24. The van der Waals surface area contributed by atoms with E-state index < -0.39 is 17.5 Å². The van der Waals surface area contributed by atoms with Crippen LogP contribution in [0, 0.1) is 5.82 Å². The molecule has 0 radical (unpaired) electrons. The number of carboxylic acid groups (broad SMARTS) is 1. The molecule has 0 spiro atoms. The van der Waals surface area contributed by atoms with Crippen LogP contribution >= 0.6 is 11.3 Å². The Labute approximate surface area is 157 Å². The lowest BCUT2D eigenvalue weighted by Gasteiger charge is -2.00. The molecule has 6 nitrogen and oxygen atoms in total. The third kappa shape index (κ3) is 3.08. The minimum absolute atomic E-state index is 0.434. The molecule has 4 aromatic rings. The standard InChI is InChI=1S/C19H15FN4O2S/c1-2-4-10-5-3-6-12-15(10)23-24-16(12)14-9-22-18(27-14)11-7-13(20)17(19(25)26)21-8-11/h3,5-9H,2,4H2,1H3,(H,23,24)(H,25,26). The van der Waals surface area contributed by atoms with Crippen molar-refractivity contribution < 1.29 is 14.3 Å². The van der Waals surface area contributed by atoms with E-state index in [1.54, 1.807) is 6.20 Å². The second kappa shape index (κ2) is 6.88. The number of carboxylic acids is 1. The molecule has 0 fully saturated rings. The number of H-pyrrole nitrogens is 1. The molecule has 0 atom stereocenters. The number of rotatable bonds is 5. The minimum Gasteiger partial charge on any atom is -0.476 e. The van der Waals surface area contributed by atoms with Crippen LogP contribution in [0.3, 0.4) is 0 Å². The van der Waals surface area contributed by atoms with Crippen LogP contribution in [0.2, 0.25) is 0 Å². The number of halogens is 1. The van der Waals surface area contributed by atoms with Gasteiger partial charge in [0.2, 0.25) is 0 Å². The van der Waals surface area contributed by atoms with Crippen molar-refractivity contribution in [2.24, 2.45) is 0 Å². The molecule has 0 aliphatic carbocycles. The first kappa shape index (κ1) is 17.3. The molecule has 0 saturated heterocycles. The van der Waals surface area contributed by atoms with Gasteiger partial charge in [-0.25, -0.2) is 19.2 Å². The minimum atomic E-state index is -1.40. The highest BCUT2D eigenvalue weighted by molar-refractivity contribution is 7.18. The van der Waals surface area contributed by atoms with Crippen molar-refractivity contribution in [2.45, 2.75) is 19.8 Å². The number of thiazole rings is 1. The number of aromatic amines is 1. The van der Waals surface area contributed by atoms with Crippen molar-refractivity contribution >= 4 is 28.2 Å². The molecular weight excluding hydrogens is 367 g/mol. The lowest BCUT2D eigenvalue weighted by atomic mass is 10.1. The summed E-state index contributed by atoms with van der Waals surface area (Å²) in [6.45, 7) is 2.13. The van der Waals surface area contributed by atoms with Crippen LogP contribution in [-0.4, -0.2) is 31.2 Å². The van der Waals surface area contributed by atoms with Crippen molar-refractivity contribution in [3.63, 3.8) is 0 Å². The largest absolute Gasteiger partial charge is 0.476 e. The third-order valence-electron chi connectivity index (χ3n) is 4.23. The summed E-state index contributed by atoms with van der Waals surface area (Å²) < 4.78 is 13.9. The number of hydrogen-bond acceptors (Lipinski definition) is 5. The smallest absolute Gasteiger partial charge is 0.357 e. The average molecular weight is 382 g/mol. The molecular formula is C19H15FN4O2S. The summed E-state index contributed by atoms with van der Waals surface area (Å²) in [6.07, 6.45) is 5.01. The predicted molar refractivity (Wildman–Crippen MR) is 101 cm³/mol. The topological polar surface area (TPSA) is 91.8 Å². The number of carbonyl (C=O) groups is 1. The van der Waals surface area contributed by atoms with E-state index >= 15 is 0 Å². The van der Waals surface area contributed by atoms with Gasteiger partial charge in [-0.1, -0.05) is 31.5 Å². The summed E-state index contributed by atoms with van der Waals surface area (Å²) in [4.78, 5) is 19.8. The highest BCUT2D eigenvalue weighted by Crippen LogP contribution is 2.35. The van der Waals surface area contributed by atoms with Gasteiger partial charge in [-0.2, -0.15) is 5.10 Å². The van der Waals surface area contributed by atoms with Crippen LogP contribution in [-0.2, 0) is 6.42 Å². The number of aromatic carboxylic acids is 1. The van der Waals surface area contributed by atoms with Gasteiger partial charge in [-0.15, -0.1) is 11.3 Å². The van der Waals surface area contributed by atoms with Gasteiger partial charge < -0.3 is 5.11 Å². The quantitative estimate of drug-likeness (QED) is 0.529. The van der Waals surface area contributed by atoms with Crippen LogP contribution in [0.15, 0.2) is 36.7 Å². The highest BCUT2D eigenvalue weighted by Gasteiger charge is 2.17. The number of pyridine rings is 1. The highest BCUT2D eigenvalue weighted by atomic mass is 32.1. The van der Waals surface area contributed by atoms with Crippen molar-refractivity contribution in [1.82, 2.24) is 20.2 Å². The maximum Gasteiger partial charge on any atom is 0.357 e. The monoisotopic (exact) mass is 382 g/mol. The zero-order chi connectivity index (χ0) is 19.0. The third-order valence-corrected chi connectivity index (χ3v) is 5.29. The van der Waals surface area contributed by atoms with Crippen LogP contribution in [0.4, 0.5) is 4.39 Å². The fraction of sp³-hybridized carbons (Fsp3) is 0.158. The van der Waals surface area contributed by atoms with E-state index in [9.17, 15) is 9.18 Å². The fourth-order valence-corrected chi connectivity index (χ4v) is 3.90. The Hall–Kier alpha value is -3.13. The van der Waals surface area contributed by atoms with Crippen LogP contribution in [0.25, 0.3) is 32.0 Å². The first-order valence-electron chi connectivity index (χ1n) is 8.40. The molecule has 1 aromatic carbocycles. The molecule has 4 rings (SSSR count). The lowest BCUT2D eigenvalue weighted by Crippen LogP contribution is -2.03. The van der Waals surface area contributed by atoms with E-state index in [2.05, 4.69) is 33.2 Å². The zero-order valence-corrected chi connectivity index (χ0v) is 15.2. The van der Waals surface area contributed by atoms with Gasteiger partial charge in [0, 0.05) is 23.3 Å². The fourth-order valence-electron chi connectivity index (χ4n) is 2.99. The molecule has 0 unspecified atom stereocenters. The van der Waals surface area contributed by atoms with Gasteiger partial charge in [-0.05, 0) is 18.1 Å². The van der Waals surface area contributed by atoms with E-state index in [1.807, 2.05) is 12.1 Å². The van der Waals surface area contributed by atoms with E-state index in [-0.39, 0.29) is 0 Å². The number of para-hydroxylation sites is 1. The second-order valence-corrected chi connectivity index (χ2v) is 7.08. The lowest BCUT2D eigenvalue weighted by molar-refractivity contribution is 0.0685. The molecule has 0 saturated carbocycles. The van der Waals surface area contributed by atoms with E-state index in [0.717, 1.165) is 40.4 Å². The molecule has 3 aromatic heterocycles. The Morgan fingerprint density at radius 2 is 2.15 bits per heavy atom. The number of fused-ring (bicyclic) bond motifs is 1. The first-order chi connectivity index (χ1) is 13.1. The second-order valence-electron chi connectivity index (χ2n) is 6.05. The summed E-state index contributed by atoms with van der Waals surface area (Å²) in [7, 11) is 0. The molecule has 8 heteroatoms. The maximum atomic E-state index is 13.9. The van der Waals surface area contributed by atoms with Crippen molar-refractivity contribution in [3.8, 4) is 21.1 Å². The van der Waals surface area contributed by atoms with Gasteiger partial charge in [0.05, 0.1) is 16.1 Å². The predicted octanol–water partition coefficient (Wildman–Crippen LogP) is 4.54. The molecule has 0 aliphatic rings. The summed E-state index contributed by atoms with van der Waals surface area (Å²) in [5.74, 6) is -2.28. The van der Waals surface area contributed by atoms with Crippen LogP contribution in [0.5, 0.6) is 0 Å². The van der Waals surface area contributed by atoms with Gasteiger partial charge >= 0.3 is 5.97 Å². The average Bonchev–Trinajstić information content (AvgIpc) is 3.29. The zero-order valence-electron chi connectivity index (χ0n) is 14.4. The summed E-state index contributed by atoms with van der Waals surface area (Å²) >= 11 is 1.36. The van der Waals surface area contributed by atoms with Crippen molar-refractivity contribution in [2.75, 3.05) is 0 Å². The molecule has 0 bridgehead atoms. The van der Waals surface area contributed by atoms with Gasteiger partial charge in [0.15, 0.2) is 11.5 Å². The SMILES string of the molecule is CCCc1cccc2c(-c3cnc(-c4cnc(C(=O)O)c(F)c4)s3)[nH]nc12. The van der Waals surface area contributed by atoms with Gasteiger partial charge in [0.1, 0.15) is 5.01 Å². The van der Waals surface area contributed by atoms with E-state index in [4.69, 9.17) is 5.11 Å². The Morgan fingerprint density at radius 3 is 2.89 bits per heavy atom. The molecule has 0 aliphatic heterocycles. The van der Waals surface area contributed by atoms with Crippen LogP contribution < -0.4 is 0 Å². The summed E-state index contributed by atoms with van der Waals surface area (Å²) in [5, 5.41) is 18.0. The number of nitrogens with one attached hydrogen (secondary N) is 1. The molecule has 136 valence electrons. The van der Waals surface area contributed by atoms with Gasteiger partial charge in [0.25, 0.3) is 0 Å². The number of benzene rings is 1. The maximum absolute atomic E-state index is 13.9. The molecule has 0 amide bonds. The Kier molecular flexibility index (Phi) is 4.41. The Bertz CT molecular complexity index is 1150. The van der Waals surface area contributed by atoms with Crippen molar-refractivity contribution in [1.29, 1.82) is 0 Å². The molecule has 3 heterocycles. The molecule has 27 heavy (non-hydrogen) atoms. The Morgan fingerprint density at radius 1 is 1.30 bits per heavy atom. The molecule has 2 N–H and O–H groups in total. The Balaban J connectivity index is 1.73. The van der Waals surface area contributed by atoms with Gasteiger partial charge in [-0.3, -0.25) is 5.10 Å². The van der Waals surface area contributed by atoms with Crippen molar-refractivity contribution in [3.05, 3.63) is 53.7 Å². The normalized spacial score (nSPS) is 11.2. The number of aromatic nitrogens is 4. The van der Waals surface area contributed by atoms with E-state index in [1.165, 1.54) is 23.1 Å². The summed E-state index contributed by atoms with van der Waals surface area (Å²) in [5.41, 5.74) is 2.84. The number of aryl methyl sites for hydroxylation is 1. The number of nitrogens with zero attached hydrogens (tertiary/aromatic N) is 3. The number of hydrogen-bond donors (Lipinski definition) is 2. The van der Waals surface area contributed by atoms with Crippen LogP contribution in [0.1, 0.15) is 29.4 Å². The van der Waals surface area contributed by atoms with E-state index in [0.29, 0.717) is 10.6 Å². The first-order valence-corrected chi connectivity index (χ1v) is 9.21.